The van der Waals surface area contributed by atoms with Gasteiger partial charge in [-0.2, -0.15) is 0 Å². The van der Waals surface area contributed by atoms with Gasteiger partial charge in [0.25, 0.3) is 5.91 Å². The smallest absolute Gasteiger partial charge is 0.261 e. The van der Waals surface area contributed by atoms with Crippen LogP contribution in [0.3, 0.4) is 0 Å². The molecule has 0 bridgehead atoms. The number of carbonyl (C=O) groups excluding carboxylic acids is 1. The van der Waals surface area contributed by atoms with Crippen LogP contribution in [0, 0.1) is 0 Å². The number of thiophene rings is 1. The molecule has 0 spiro atoms. The van der Waals surface area contributed by atoms with E-state index in [4.69, 9.17) is 4.74 Å². The summed E-state index contributed by atoms with van der Waals surface area (Å²) in [5.41, 5.74) is 0. The van der Waals surface area contributed by atoms with Crippen LogP contribution in [0.5, 0.6) is 0 Å². The Labute approximate surface area is 120 Å². The Morgan fingerprint density at radius 1 is 1.72 bits per heavy atom. The lowest BCUT2D eigenvalue weighted by Gasteiger charge is -2.19. The van der Waals surface area contributed by atoms with E-state index in [1.54, 1.807) is 11.3 Å². The van der Waals surface area contributed by atoms with Crippen LogP contribution in [0.2, 0.25) is 0 Å². The predicted molar refractivity (Wildman–Crippen MR) is 77.3 cm³/mol. The molecule has 1 aliphatic heterocycles. The zero-order valence-corrected chi connectivity index (χ0v) is 13.1. The molecular weight excluding hydrogens is 314 g/mol. The maximum Gasteiger partial charge on any atom is 0.261 e. The summed E-state index contributed by atoms with van der Waals surface area (Å²) in [6, 6.07) is 1.98. The van der Waals surface area contributed by atoms with Crippen LogP contribution < -0.4 is 5.32 Å². The first-order valence-electron chi connectivity index (χ1n) is 6.32. The van der Waals surface area contributed by atoms with Gasteiger partial charge in [-0.1, -0.05) is 6.92 Å². The fraction of sp³-hybridized carbons (Fsp3) is 0.615. The highest BCUT2D eigenvalue weighted by molar-refractivity contribution is 9.10. The molecule has 0 aromatic carbocycles. The lowest BCUT2D eigenvalue weighted by atomic mass is 10.1. The zero-order valence-electron chi connectivity index (χ0n) is 10.7. The number of aryl methyl sites for hydroxylation is 1. The van der Waals surface area contributed by atoms with Gasteiger partial charge in [-0.3, -0.25) is 4.79 Å². The van der Waals surface area contributed by atoms with Gasteiger partial charge in [-0.05, 0) is 48.2 Å². The van der Waals surface area contributed by atoms with Crippen LogP contribution in [0.4, 0.5) is 0 Å². The Hall–Kier alpha value is -0.390. The largest absolute Gasteiger partial charge is 0.376 e. The Morgan fingerprint density at radius 2 is 2.50 bits per heavy atom. The summed E-state index contributed by atoms with van der Waals surface area (Å²) in [5, 5.41) is 3.03. The first-order valence-corrected chi connectivity index (χ1v) is 7.93. The maximum absolute atomic E-state index is 12.1. The Bertz CT molecular complexity index is 427. The van der Waals surface area contributed by atoms with Crippen molar-refractivity contribution >= 4 is 33.2 Å². The van der Waals surface area contributed by atoms with Crippen molar-refractivity contribution in [3.8, 4) is 0 Å². The van der Waals surface area contributed by atoms with E-state index < -0.39 is 0 Å². The average Bonchev–Trinajstić information content (AvgIpc) is 2.97. The number of halogens is 1. The molecule has 0 unspecified atom stereocenters. The van der Waals surface area contributed by atoms with Crippen molar-refractivity contribution in [3.63, 3.8) is 0 Å². The number of hydrogen-bond donors (Lipinski definition) is 1. The molecule has 18 heavy (non-hydrogen) atoms. The molecule has 0 saturated carbocycles. The lowest BCUT2D eigenvalue weighted by Crippen LogP contribution is -2.40. The Morgan fingerprint density at radius 3 is 3.06 bits per heavy atom. The molecule has 1 aliphatic rings. The van der Waals surface area contributed by atoms with E-state index in [2.05, 4.69) is 28.2 Å². The molecule has 0 radical (unpaired) electrons. The third-order valence-electron chi connectivity index (χ3n) is 3.18. The number of carbonyl (C=O) groups is 1. The molecule has 1 amide bonds. The highest BCUT2D eigenvalue weighted by Gasteiger charge is 2.24. The fourth-order valence-corrected chi connectivity index (χ4v) is 3.93. The van der Waals surface area contributed by atoms with E-state index in [0.29, 0.717) is 0 Å². The third-order valence-corrected chi connectivity index (χ3v) is 5.43. The van der Waals surface area contributed by atoms with E-state index in [1.807, 2.05) is 13.0 Å². The van der Waals surface area contributed by atoms with E-state index >= 15 is 0 Å². The van der Waals surface area contributed by atoms with Gasteiger partial charge in [0.15, 0.2) is 0 Å². The van der Waals surface area contributed by atoms with Crippen molar-refractivity contribution in [3.05, 3.63) is 20.3 Å². The summed E-state index contributed by atoms with van der Waals surface area (Å²) in [6.07, 6.45) is 3.24. The van der Waals surface area contributed by atoms with Crippen LogP contribution in [-0.4, -0.2) is 24.7 Å². The fourth-order valence-electron chi connectivity index (χ4n) is 2.13. The van der Waals surface area contributed by atoms with Crippen LogP contribution in [0.15, 0.2) is 10.5 Å². The van der Waals surface area contributed by atoms with E-state index in [-0.39, 0.29) is 18.1 Å². The van der Waals surface area contributed by atoms with Crippen LogP contribution in [0.1, 0.15) is 41.2 Å². The first-order chi connectivity index (χ1) is 8.61. The molecule has 3 nitrogen and oxygen atoms in total. The molecule has 2 heterocycles. The first kappa shape index (κ1) is 14.0. The van der Waals surface area contributed by atoms with Gasteiger partial charge in [0, 0.05) is 16.0 Å². The normalized spacial score (nSPS) is 20.9. The number of ether oxygens (including phenoxy) is 1. The Balaban J connectivity index is 1.97. The number of nitrogens with one attached hydrogen (secondary N) is 1. The van der Waals surface area contributed by atoms with E-state index in [1.165, 1.54) is 4.88 Å². The molecule has 100 valence electrons. The molecule has 1 aromatic rings. The quantitative estimate of drug-likeness (QED) is 0.918. The van der Waals surface area contributed by atoms with E-state index in [9.17, 15) is 4.79 Å². The summed E-state index contributed by atoms with van der Waals surface area (Å²) < 4.78 is 6.61. The van der Waals surface area contributed by atoms with Gasteiger partial charge in [0.2, 0.25) is 0 Å². The summed E-state index contributed by atoms with van der Waals surface area (Å²) in [6.45, 7) is 4.92. The molecule has 1 aromatic heterocycles. The number of rotatable bonds is 4. The van der Waals surface area contributed by atoms with Crippen molar-refractivity contribution in [2.45, 2.75) is 45.3 Å². The zero-order chi connectivity index (χ0) is 13.1. The molecule has 2 atom stereocenters. The highest BCUT2D eigenvalue weighted by Crippen LogP contribution is 2.28. The molecular formula is C13H18BrNO2S. The van der Waals surface area contributed by atoms with Crippen molar-refractivity contribution < 1.29 is 9.53 Å². The molecule has 0 aliphatic carbocycles. The third kappa shape index (κ3) is 3.13. The van der Waals surface area contributed by atoms with Gasteiger partial charge in [-0.15, -0.1) is 11.3 Å². The van der Waals surface area contributed by atoms with Crippen molar-refractivity contribution in [1.29, 1.82) is 0 Å². The monoisotopic (exact) mass is 331 g/mol. The maximum atomic E-state index is 12.1. The minimum Gasteiger partial charge on any atom is -0.376 e. The van der Waals surface area contributed by atoms with Gasteiger partial charge < -0.3 is 10.1 Å². The standard InChI is InChI=1S/C13H18BrNO2S/c1-3-11-9(14)7-12(18-11)13(16)15-8(2)10-5-4-6-17-10/h7-8,10H,3-6H2,1-2H3,(H,15,16)/t8-,10-/m1/s1. The summed E-state index contributed by atoms with van der Waals surface area (Å²) >= 11 is 5.04. The number of amides is 1. The predicted octanol–water partition coefficient (Wildman–Crippen LogP) is 3.37. The number of hydrogen-bond acceptors (Lipinski definition) is 3. The van der Waals surface area contributed by atoms with Crippen molar-refractivity contribution in [2.75, 3.05) is 6.61 Å². The summed E-state index contributed by atoms with van der Waals surface area (Å²) in [4.78, 5) is 14.1. The lowest BCUT2D eigenvalue weighted by molar-refractivity contribution is 0.0714. The average molecular weight is 332 g/mol. The molecule has 5 heteroatoms. The van der Waals surface area contributed by atoms with Gasteiger partial charge >= 0.3 is 0 Å². The van der Waals surface area contributed by atoms with Crippen molar-refractivity contribution in [2.24, 2.45) is 0 Å². The van der Waals surface area contributed by atoms with Crippen molar-refractivity contribution in [1.82, 2.24) is 5.32 Å². The van der Waals surface area contributed by atoms with Gasteiger partial charge in [0.05, 0.1) is 17.0 Å². The molecule has 1 saturated heterocycles. The minimum atomic E-state index is 0.00315. The van der Waals surface area contributed by atoms with Gasteiger partial charge in [-0.25, -0.2) is 0 Å². The van der Waals surface area contributed by atoms with Crippen LogP contribution in [-0.2, 0) is 11.2 Å². The molecule has 2 rings (SSSR count). The highest BCUT2D eigenvalue weighted by atomic mass is 79.9. The second-order valence-corrected chi connectivity index (χ2v) is 6.54. The second-order valence-electron chi connectivity index (χ2n) is 4.55. The van der Waals surface area contributed by atoms with E-state index in [0.717, 1.165) is 35.2 Å². The topological polar surface area (TPSA) is 38.3 Å². The second kappa shape index (κ2) is 6.17. The summed E-state index contributed by atoms with van der Waals surface area (Å²) in [7, 11) is 0. The summed E-state index contributed by atoms with van der Waals surface area (Å²) in [5.74, 6) is 0.00315. The van der Waals surface area contributed by atoms with Crippen LogP contribution >= 0.6 is 27.3 Å². The molecule has 1 fully saturated rings. The minimum absolute atomic E-state index is 0.00315. The van der Waals surface area contributed by atoms with Gasteiger partial charge in [0.1, 0.15) is 0 Å². The SMILES string of the molecule is CCc1sc(C(=O)N[C@H](C)[C@H]2CCCO2)cc1Br. The Kier molecular flexibility index (Phi) is 4.81. The van der Waals surface area contributed by atoms with Crippen LogP contribution in [0.25, 0.3) is 0 Å². The molecule has 1 N–H and O–H groups in total.